The van der Waals surface area contributed by atoms with E-state index in [2.05, 4.69) is 15.4 Å². The van der Waals surface area contributed by atoms with Gasteiger partial charge in [-0.15, -0.1) is 0 Å². The highest BCUT2D eigenvalue weighted by molar-refractivity contribution is 6.31. The molecule has 8 nitrogen and oxygen atoms in total. The lowest BCUT2D eigenvalue weighted by molar-refractivity contribution is 0.101. The highest BCUT2D eigenvalue weighted by Gasteiger charge is 2.14. The largest absolute Gasteiger partial charge is 0.423 e. The Morgan fingerprint density at radius 1 is 1.38 bits per heavy atom. The number of amides is 1. The topological polar surface area (TPSA) is 99.2 Å². The molecule has 0 bridgehead atoms. The highest BCUT2D eigenvalue weighted by Crippen LogP contribution is 2.22. The van der Waals surface area contributed by atoms with Crippen LogP contribution in [0.5, 0.6) is 0 Å². The molecule has 0 spiro atoms. The van der Waals surface area contributed by atoms with E-state index in [0.717, 1.165) is 4.68 Å². The standard InChI is InChI=1S/C15H13ClN4O4/c1-23-7-6-20-13(21)5-3-10(19-20)14(22)18-15-17-11-8-9(16)2-4-12(11)24-15/h2-5,8H,6-7H2,1H3,(H,17,18,22). The average Bonchev–Trinajstić information content (AvgIpc) is 2.95. The summed E-state index contributed by atoms with van der Waals surface area (Å²) in [5, 5.41) is 7.01. The third-order valence-corrected chi connectivity index (χ3v) is 3.41. The monoisotopic (exact) mass is 348 g/mol. The fourth-order valence-corrected chi connectivity index (χ4v) is 2.19. The van der Waals surface area contributed by atoms with Crippen molar-refractivity contribution in [1.82, 2.24) is 14.8 Å². The van der Waals surface area contributed by atoms with Crippen molar-refractivity contribution in [3.63, 3.8) is 0 Å². The Morgan fingerprint density at radius 2 is 2.21 bits per heavy atom. The number of nitrogens with zero attached hydrogens (tertiary/aromatic N) is 3. The number of carbonyl (C=O) groups is 1. The van der Waals surface area contributed by atoms with E-state index in [4.69, 9.17) is 20.8 Å². The van der Waals surface area contributed by atoms with Crippen LogP contribution in [0.25, 0.3) is 11.1 Å². The Kier molecular flexibility index (Phi) is 4.59. The lowest BCUT2D eigenvalue weighted by atomic mass is 10.3. The summed E-state index contributed by atoms with van der Waals surface area (Å²) in [6.07, 6.45) is 0. The molecule has 0 saturated heterocycles. The van der Waals surface area contributed by atoms with Crippen molar-refractivity contribution in [3.8, 4) is 0 Å². The molecular weight excluding hydrogens is 336 g/mol. The molecular formula is C15H13ClN4O4. The molecule has 0 aliphatic carbocycles. The van der Waals surface area contributed by atoms with Crippen LogP contribution in [0.2, 0.25) is 5.02 Å². The fourth-order valence-electron chi connectivity index (χ4n) is 2.02. The number of hydrogen-bond donors (Lipinski definition) is 1. The number of nitrogens with one attached hydrogen (secondary N) is 1. The van der Waals surface area contributed by atoms with Crippen molar-refractivity contribution < 1.29 is 13.9 Å². The molecule has 0 fully saturated rings. The SMILES string of the molecule is COCCn1nc(C(=O)Nc2nc3cc(Cl)ccc3o2)ccc1=O. The van der Waals surface area contributed by atoms with Gasteiger partial charge in [-0.3, -0.25) is 14.9 Å². The van der Waals surface area contributed by atoms with Crippen molar-refractivity contribution in [1.29, 1.82) is 0 Å². The molecule has 3 rings (SSSR count). The summed E-state index contributed by atoms with van der Waals surface area (Å²) in [6.45, 7) is 0.557. The van der Waals surface area contributed by atoms with E-state index in [1.165, 1.54) is 19.2 Å². The Labute approximate surface area is 141 Å². The summed E-state index contributed by atoms with van der Waals surface area (Å²) in [5.74, 6) is -0.543. The molecule has 0 aliphatic rings. The Morgan fingerprint density at radius 3 is 3.00 bits per heavy atom. The van der Waals surface area contributed by atoms with Crippen LogP contribution in [0, 0.1) is 0 Å². The van der Waals surface area contributed by atoms with Crippen molar-refractivity contribution in [2.24, 2.45) is 0 Å². The molecule has 1 amide bonds. The first-order chi connectivity index (χ1) is 11.6. The molecule has 0 saturated carbocycles. The molecule has 3 aromatic rings. The van der Waals surface area contributed by atoms with Crippen molar-refractivity contribution in [2.45, 2.75) is 6.54 Å². The molecule has 0 radical (unpaired) electrons. The normalized spacial score (nSPS) is 10.9. The second-order valence-electron chi connectivity index (χ2n) is 4.86. The highest BCUT2D eigenvalue weighted by atomic mass is 35.5. The number of oxazole rings is 1. The number of rotatable bonds is 5. The number of hydrogen-bond acceptors (Lipinski definition) is 6. The van der Waals surface area contributed by atoms with E-state index >= 15 is 0 Å². The average molecular weight is 349 g/mol. The van der Waals surface area contributed by atoms with Crippen LogP contribution in [0.1, 0.15) is 10.5 Å². The van der Waals surface area contributed by atoms with Crippen molar-refractivity contribution in [2.75, 3.05) is 19.0 Å². The minimum Gasteiger partial charge on any atom is -0.423 e. The van der Waals surface area contributed by atoms with Gasteiger partial charge in [0.05, 0.1) is 13.2 Å². The molecule has 9 heteroatoms. The third kappa shape index (κ3) is 3.44. The summed E-state index contributed by atoms with van der Waals surface area (Å²) in [6, 6.07) is 7.56. The summed E-state index contributed by atoms with van der Waals surface area (Å²) >= 11 is 5.88. The molecule has 0 unspecified atom stereocenters. The molecule has 2 aromatic heterocycles. The maximum atomic E-state index is 12.2. The lowest BCUT2D eigenvalue weighted by Crippen LogP contribution is -2.27. The van der Waals surface area contributed by atoms with Gasteiger partial charge in [-0.2, -0.15) is 10.1 Å². The van der Waals surface area contributed by atoms with Crippen LogP contribution >= 0.6 is 11.6 Å². The van der Waals surface area contributed by atoms with E-state index in [-0.39, 0.29) is 23.8 Å². The van der Waals surface area contributed by atoms with Crippen molar-refractivity contribution >= 4 is 34.6 Å². The number of aromatic nitrogens is 3. The third-order valence-electron chi connectivity index (χ3n) is 3.18. The summed E-state index contributed by atoms with van der Waals surface area (Å²) in [4.78, 5) is 28.1. The van der Waals surface area contributed by atoms with Crippen LogP contribution in [-0.4, -0.2) is 34.4 Å². The summed E-state index contributed by atoms with van der Waals surface area (Å²) < 4.78 is 11.5. The molecule has 2 heterocycles. The Hall–Kier alpha value is -2.71. The second kappa shape index (κ2) is 6.81. The zero-order chi connectivity index (χ0) is 17.1. The van der Waals surface area contributed by atoms with Gasteiger partial charge in [-0.25, -0.2) is 4.68 Å². The first kappa shape index (κ1) is 16.2. The molecule has 124 valence electrons. The van der Waals surface area contributed by atoms with Gasteiger partial charge in [-0.1, -0.05) is 11.6 Å². The summed E-state index contributed by atoms with van der Waals surface area (Å²) in [7, 11) is 1.51. The molecule has 1 aromatic carbocycles. The number of halogens is 1. The number of benzene rings is 1. The van der Waals surface area contributed by atoms with Crippen LogP contribution in [-0.2, 0) is 11.3 Å². The van der Waals surface area contributed by atoms with Crippen LogP contribution in [0.4, 0.5) is 6.01 Å². The van der Waals surface area contributed by atoms with Gasteiger partial charge in [0.25, 0.3) is 11.5 Å². The number of carbonyl (C=O) groups excluding carboxylic acids is 1. The van der Waals surface area contributed by atoms with E-state index in [1.54, 1.807) is 18.2 Å². The van der Waals surface area contributed by atoms with Gasteiger partial charge >= 0.3 is 6.01 Å². The summed E-state index contributed by atoms with van der Waals surface area (Å²) in [5.41, 5.74) is 0.759. The molecule has 24 heavy (non-hydrogen) atoms. The van der Waals surface area contributed by atoms with Gasteiger partial charge < -0.3 is 9.15 Å². The van der Waals surface area contributed by atoms with Gasteiger partial charge in [0.1, 0.15) is 11.2 Å². The van der Waals surface area contributed by atoms with E-state index in [1.807, 2.05) is 0 Å². The second-order valence-corrected chi connectivity index (χ2v) is 5.29. The van der Waals surface area contributed by atoms with Gasteiger partial charge in [0, 0.05) is 18.2 Å². The quantitative estimate of drug-likeness (QED) is 0.756. The number of methoxy groups -OCH3 is 1. The maximum Gasteiger partial charge on any atom is 0.302 e. The van der Waals surface area contributed by atoms with Crippen molar-refractivity contribution in [3.05, 3.63) is 51.4 Å². The first-order valence-electron chi connectivity index (χ1n) is 7.01. The lowest BCUT2D eigenvalue weighted by Gasteiger charge is -2.05. The zero-order valence-electron chi connectivity index (χ0n) is 12.7. The Balaban J connectivity index is 1.81. The maximum absolute atomic E-state index is 12.2. The molecule has 0 aliphatic heterocycles. The number of ether oxygens (including phenoxy) is 1. The van der Waals surface area contributed by atoms with Crippen LogP contribution < -0.4 is 10.9 Å². The zero-order valence-corrected chi connectivity index (χ0v) is 13.4. The minimum atomic E-state index is -0.543. The number of anilines is 1. The number of fused-ring (bicyclic) bond motifs is 1. The minimum absolute atomic E-state index is 0.0220. The molecule has 1 N–H and O–H groups in total. The van der Waals surface area contributed by atoms with Gasteiger partial charge in [0.15, 0.2) is 5.58 Å². The van der Waals surface area contributed by atoms with E-state index in [9.17, 15) is 9.59 Å². The van der Waals surface area contributed by atoms with Crippen LogP contribution in [0.15, 0.2) is 39.5 Å². The molecule has 0 atom stereocenters. The van der Waals surface area contributed by atoms with Gasteiger partial charge in [-0.05, 0) is 24.3 Å². The fraction of sp³-hybridized carbons (Fsp3) is 0.200. The van der Waals surface area contributed by atoms with Gasteiger partial charge in [0.2, 0.25) is 0 Å². The predicted octanol–water partition coefficient (Wildman–Crippen LogP) is 1.94. The first-order valence-corrected chi connectivity index (χ1v) is 7.39. The van der Waals surface area contributed by atoms with E-state index < -0.39 is 5.91 Å². The Bertz CT molecular complexity index is 950. The predicted molar refractivity (Wildman–Crippen MR) is 87.3 cm³/mol. The van der Waals surface area contributed by atoms with E-state index in [0.29, 0.717) is 22.7 Å². The smallest absolute Gasteiger partial charge is 0.302 e. The van der Waals surface area contributed by atoms with Crippen LogP contribution in [0.3, 0.4) is 0 Å².